The molecule has 1 amide bonds. The fourth-order valence-electron chi connectivity index (χ4n) is 2.57. The molecule has 1 aliphatic rings. The average molecular weight is 380 g/mol. The van der Waals surface area contributed by atoms with E-state index >= 15 is 0 Å². The quantitative estimate of drug-likeness (QED) is 0.885. The van der Waals surface area contributed by atoms with Gasteiger partial charge in [-0.25, -0.2) is 17.6 Å². The second kappa shape index (κ2) is 7.30. The molecule has 0 saturated heterocycles. The Morgan fingerprint density at radius 1 is 1.23 bits per heavy atom. The summed E-state index contributed by atoms with van der Waals surface area (Å²) in [6.07, 6.45) is -0.649. The third kappa shape index (κ3) is 3.78. The first-order valence-corrected chi connectivity index (χ1v) is 9.20. The topological polar surface area (TPSA) is 84.9 Å². The Balaban J connectivity index is 1.84. The van der Waals surface area contributed by atoms with Crippen LogP contribution in [0, 0.1) is 5.82 Å². The zero-order valence-corrected chi connectivity index (χ0v) is 14.8. The Kier molecular flexibility index (Phi) is 5.10. The predicted octanol–water partition coefficient (Wildman–Crippen LogP) is 2.59. The molecule has 0 unspecified atom stereocenters. The highest BCUT2D eigenvalue weighted by Crippen LogP contribution is 2.27. The monoisotopic (exact) mass is 380 g/mol. The first-order valence-electron chi connectivity index (χ1n) is 7.76. The standard InChI is InChI=1S/C17H17FN2O5S/c1-24-17(21)19-14-3-5-15(6-4-14)26(22,23)20-8-9-25-16-7-2-13(18)10-12(16)11-20/h2-7,10H,8-9,11H2,1H3,(H,19,21). The smallest absolute Gasteiger partial charge is 0.411 e. The van der Waals surface area contributed by atoms with Crippen LogP contribution >= 0.6 is 0 Å². The molecular formula is C17H17FN2O5S. The average Bonchev–Trinajstić information content (AvgIpc) is 2.84. The molecule has 9 heteroatoms. The first-order chi connectivity index (χ1) is 12.4. The van der Waals surface area contributed by atoms with Crippen LogP contribution < -0.4 is 10.1 Å². The van der Waals surface area contributed by atoms with Gasteiger partial charge in [0.05, 0.1) is 12.0 Å². The first kappa shape index (κ1) is 18.2. The summed E-state index contributed by atoms with van der Waals surface area (Å²) >= 11 is 0. The molecular weight excluding hydrogens is 363 g/mol. The zero-order chi connectivity index (χ0) is 18.7. The van der Waals surface area contributed by atoms with Gasteiger partial charge in [-0.05, 0) is 42.5 Å². The van der Waals surface area contributed by atoms with Gasteiger partial charge in [-0.3, -0.25) is 5.32 Å². The molecule has 0 saturated carbocycles. The van der Waals surface area contributed by atoms with Gasteiger partial charge >= 0.3 is 6.09 Å². The Hall–Kier alpha value is -2.65. The van der Waals surface area contributed by atoms with E-state index < -0.39 is 21.9 Å². The third-order valence-corrected chi connectivity index (χ3v) is 5.75. The lowest BCUT2D eigenvalue weighted by atomic mass is 10.2. The van der Waals surface area contributed by atoms with Crippen molar-refractivity contribution in [2.75, 3.05) is 25.6 Å². The highest BCUT2D eigenvalue weighted by atomic mass is 32.2. The van der Waals surface area contributed by atoms with E-state index in [9.17, 15) is 17.6 Å². The van der Waals surface area contributed by atoms with Crippen LogP contribution in [0.15, 0.2) is 47.4 Å². The maximum Gasteiger partial charge on any atom is 0.411 e. The second-order valence-electron chi connectivity index (χ2n) is 5.58. The highest BCUT2D eigenvalue weighted by Gasteiger charge is 2.28. The lowest BCUT2D eigenvalue weighted by Crippen LogP contribution is -2.32. The molecule has 0 bridgehead atoms. The van der Waals surface area contributed by atoms with Crippen molar-refractivity contribution < 1.29 is 27.1 Å². The van der Waals surface area contributed by atoms with Gasteiger partial charge in [0.1, 0.15) is 18.2 Å². The van der Waals surface area contributed by atoms with E-state index in [1.807, 2.05) is 0 Å². The van der Waals surface area contributed by atoms with E-state index in [1.54, 1.807) is 0 Å². The number of halogens is 1. The predicted molar refractivity (Wildman–Crippen MR) is 92.0 cm³/mol. The number of anilines is 1. The molecule has 0 spiro atoms. The van der Waals surface area contributed by atoms with E-state index in [0.29, 0.717) is 17.0 Å². The number of benzene rings is 2. The van der Waals surface area contributed by atoms with Crippen LogP contribution in [0.5, 0.6) is 5.75 Å². The number of carbonyl (C=O) groups is 1. The maximum absolute atomic E-state index is 13.5. The molecule has 0 aromatic heterocycles. The minimum atomic E-state index is -3.80. The number of rotatable bonds is 3. The van der Waals surface area contributed by atoms with Gasteiger partial charge in [0.15, 0.2) is 0 Å². The van der Waals surface area contributed by atoms with Gasteiger partial charge in [-0.2, -0.15) is 4.31 Å². The zero-order valence-electron chi connectivity index (χ0n) is 13.9. The second-order valence-corrected chi connectivity index (χ2v) is 7.52. The number of methoxy groups -OCH3 is 1. The fraction of sp³-hybridized carbons (Fsp3) is 0.235. The van der Waals surface area contributed by atoms with Gasteiger partial charge in [-0.15, -0.1) is 0 Å². The van der Waals surface area contributed by atoms with Crippen molar-refractivity contribution in [3.8, 4) is 5.75 Å². The Morgan fingerprint density at radius 3 is 2.65 bits per heavy atom. The van der Waals surface area contributed by atoms with Crippen molar-refractivity contribution in [2.24, 2.45) is 0 Å². The molecule has 3 rings (SSSR count). The van der Waals surface area contributed by atoms with Gasteiger partial charge < -0.3 is 9.47 Å². The van der Waals surface area contributed by atoms with Crippen molar-refractivity contribution >= 4 is 21.8 Å². The van der Waals surface area contributed by atoms with Gasteiger partial charge in [0, 0.05) is 24.3 Å². The number of fused-ring (bicyclic) bond motifs is 1. The summed E-state index contributed by atoms with van der Waals surface area (Å²) in [6.45, 7) is 0.318. The summed E-state index contributed by atoms with van der Waals surface area (Å²) in [4.78, 5) is 11.3. The number of nitrogens with zero attached hydrogens (tertiary/aromatic N) is 1. The Bertz CT molecular complexity index is 915. The number of sulfonamides is 1. The van der Waals surface area contributed by atoms with E-state index in [1.165, 1.54) is 53.9 Å². The summed E-state index contributed by atoms with van der Waals surface area (Å²) in [7, 11) is -2.57. The molecule has 2 aromatic carbocycles. The van der Waals surface area contributed by atoms with E-state index in [0.717, 1.165) is 0 Å². The van der Waals surface area contributed by atoms with E-state index in [4.69, 9.17) is 4.74 Å². The number of carbonyl (C=O) groups excluding carboxylic acids is 1. The molecule has 7 nitrogen and oxygen atoms in total. The van der Waals surface area contributed by atoms with Gasteiger partial charge in [0.2, 0.25) is 10.0 Å². The lowest BCUT2D eigenvalue weighted by Gasteiger charge is -2.19. The minimum Gasteiger partial charge on any atom is -0.492 e. The summed E-state index contributed by atoms with van der Waals surface area (Å²) in [5, 5.41) is 2.45. The molecule has 1 aliphatic heterocycles. The van der Waals surface area contributed by atoms with Crippen molar-refractivity contribution in [1.82, 2.24) is 4.31 Å². The van der Waals surface area contributed by atoms with Crippen LogP contribution in [0.2, 0.25) is 0 Å². The van der Waals surface area contributed by atoms with Crippen LogP contribution in [0.3, 0.4) is 0 Å². The number of amides is 1. The Morgan fingerprint density at radius 2 is 1.96 bits per heavy atom. The summed E-state index contributed by atoms with van der Waals surface area (Å²) in [5.74, 6) is 0.0200. The van der Waals surface area contributed by atoms with Crippen LogP contribution in [0.1, 0.15) is 5.56 Å². The largest absolute Gasteiger partial charge is 0.492 e. The fourth-order valence-corrected chi connectivity index (χ4v) is 3.97. The van der Waals surface area contributed by atoms with Crippen LogP contribution in [0.4, 0.5) is 14.9 Å². The molecule has 1 N–H and O–H groups in total. The highest BCUT2D eigenvalue weighted by molar-refractivity contribution is 7.89. The number of nitrogens with one attached hydrogen (secondary N) is 1. The number of hydrogen-bond donors (Lipinski definition) is 1. The summed E-state index contributed by atoms with van der Waals surface area (Å²) in [5.41, 5.74) is 0.873. The lowest BCUT2D eigenvalue weighted by molar-refractivity contribution is 0.187. The molecule has 0 fully saturated rings. The number of ether oxygens (including phenoxy) is 2. The van der Waals surface area contributed by atoms with Crippen molar-refractivity contribution in [3.05, 3.63) is 53.8 Å². The Labute approximate surface area is 150 Å². The third-order valence-electron chi connectivity index (χ3n) is 3.89. The summed E-state index contributed by atoms with van der Waals surface area (Å²) in [6, 6.07) is 9.74. The molecule has 2 aromatic rings. The molecule has 0 atom stereocenters. The van der Waals surface area contributed by atoms with Gasteiger partial charge in [-0.1, -0.05) is 0 Å². The minimum absolute atomic E-state index is 0.0115. The SMILES string of the molecule is COC(=O)Nc1ccc(S(=O)(=O)N2CCOc3ccc(F)cc3C2)cc1. The normalized spacial score (nSPS) is 14.7. The molecule has 0 aliphatic carbocycles. The summed E-state index contributed by atoms with van der Waals surface area (Å²) < 4.78 is 50.5. The molecule has 26 heavy (non-hydrogen) atoms. The van der Waals surface area contributed by atoms with Crippen LogP contribution in [-0.4, -0.2) is 39.1 Å². The van der Waals surface area contributed by atoms with E-state index in [2.05, 4.69) is 10.1 Å². The van der Waals surface area contributed by atoms with Crippen molar-refractivity contribution in [1.29, 1.82) is 0 Å². The van der Waals surface area contributed by atoms with Crippen molar-refractivity contribution in [2.45, 2.75) is 11.4 Å². The molecule has 138 valence electrons. The number of hydrogen-bond acceptors (Lipinski definition) is 5. The van der Waals surface area contributed by atoms with Crippen molar-refractivity contribution in [3.63, 3.8) is 0 Å². The van der Waals surface area contributed by atoms with Crippen LogP contribution in [0.25, 0.3) is 0 Å². The maximum atomic E-state index is 13.5. The van der Waals surface area contributed by atoms with Gasteiger partial charge in [0.25, 0.3) is 0 Å². The molecule has 0 radical (unpaired) electrons. The molecule has 1 heterocycles. The van der Waals surface area contributed by atoms with Crippen LogP contribution in [-0.2, 0) is 21.3 Å². The van der Waals surface area contributed by atoms with E-state index in [-0.39, 0.29) is 24.6 Å².